The van der Waals surface area contributed by atoms with Crippen LogP contribution in [0.2, 0.25) is 5.02 Å². The lowest BCUT2D eigenvalue weighted by atomic mass is 10.2. The molecule has 1 aliphatic rings. The third-order valence-electron chi connectivity index (χ3n) is 4.76. The third-order valence-corrected chi connectivity index (χ3v) is 4.99. The summed E-state index contributed by atoms with van der Waals surface area (Å²) in [6, 6.07) is 15.1. The van der Waals surface area contributed by atoms with Gasteiger partial charge < -0.3 is 19.4 Å². The van der Waals surface area contributed by atoms with Crippen molar-refractivity contribution in [2.45, 2.75) is 13.8 Å². The first kappa shape index (κ1) is 19.8. The van der Waals surface area contributed by atoms with Crippen molar-refractivity contribution < 1.29 is 14.3 Å². The van der Waals surface area contributed by atoms with Crippen molar-refractivity contribution >= 4 is 29.4 Å². The molecule has 4 rings (SSSR count). The van der Waals surface area contributed by atoms with E-state index in [1.165, 1.54) is 0 Å². The van der Waals surface area contributed by atoms with Crippen molar-refractivity contribution in [3.05, 3.63) is 70.5 Å². The molecule has 3 aromatic rings. The first-order chi connectivity index (χ1) is 14.5. The molecule has 0 unspecified atom stereocenters. The van der Waals surface area contributed by atoms with Crippen LogP contribution in [-0.2, 0) is 4.79 Å². The number of nitrogens with one attached hydrogen (secondary N) is 2. The number of hydrazone groups is 1. The van der Waals surface area contributed by atoms with Crippen LogP contribution in [0.3, 0.4) is 0 Å². The Hall–Kier alpha value is -3.45. The largest absolute Gasteiger partial charge is 0.454 e. The van der Waals surface area contributed by atoms with Gasteiger partial charge in [0, 0.05) is 39.4 Å². The van der Waals surface area contributed by atoms with E-state index in [4.69, 9.17) is 21.1 Å². The van der Waals surface area contributed by atoms with E-state index in [1.807, 2.05) is 50.2 Å². The van der Waals surface area contributed by atoms with Crippen molar-refractivity contribution in [2.75, 3.05) is 18.7 Å². The van der Waals surface area contributed by atoms with Gasteiger partial charge >= 0.3 is 0 Å². The maximum Gasteiger partial charge on any atom is 0.259 e. The summed E-state index contributed by atoms with van der Waals surface area (Å²) in [5.74, 6) is 1.10. The Morgan fingerprint density at radius 1 is 1.17 bits per heavy atom. The molecule has 0 aliphatic carbocycles. The van der Waals surface area contributed by atoms with E-state index in [9.17, 15) is 4.79 Å². The third kappa shape index (κ3) is 4.26. The average molecular weight is 425 g/mol. The van der Waals surface area contributed by atoms with Gasteiger partial charge in [-0.05, 0) is 50.2 Å². The smallest absolute Gasteiger partial charge is 0.259 e. The number of aromatic nitrogens is 1. The number of rotatable bonds is 6. The van der Waals surface area contributed by atoms with Crippen LogP contribution < -0.4 is 20.2 Å². The monoisotopic (exact) mass is 424 g/mol. The molecule has 0 fully saturated rings. The summed E-state index contributed by atoms with van der Waals surface area (Å²) in [6.07, 6.45) is 1.64. The van der Waals surface area contributed by atoms with Crippen LogP contribution >= 0.6 is 11.6 Å². The Balaban J connectivity index is 1.36. The molecule has 0 bridgehead atoms. The molecule has 0 spiro atoms. The number of aryl methyl sites for hydroxylation is 1. The number of fused-ring (bicyclic) bond motifs is 1. The number of hydrogen-bond acceptors (Lipinski definition) is 5. The van der Waals surface area contributed by atoms with Crippen LogP contribution in [0.5, 0.6) is 11.5 Å². The summed E-state index contributed by atoms with van der Waals surface area (Å²) >= 11 is 6.12. The lowest BCUT2D eigenvalue weighted by Gasteiger charge is -2.09. The Kier molecular flexibility index (Phi) is 5.63. The first-order valence-electron chi connectivity index (χ1n) is 9.41. The maximum absolute atomic E-state index is 12.1. The van der Waals surface area contributed by atoms with E-state index in [2.05, 4.69) is 20.4 Å². The summed E-state index contributed by atoms with van der Waals surface area (Å²) in [4.78, 5) is 12.1. The zero-order valence-corrected chi connectivity index (χ0v) is 17.4. The van der Waals surface area contributed by atoms with Gasteiger partial charge in [-0.3, -0.25) is 4.79 Å². The molecule has 0 atom stereocenters. The van der Waals surface area contributed by atoms with Gasteiger partial charge in [0.05, 0.1) is 12.8 Å². The fourth-order valence-corrected chi connectivity index (χ4v) is 3.52. The summed E-state index contributed by atoms with van der Waals surface area (Å²) in [5, 5.41) is 7.80. The number of halogens is 1. The summed E-state index contributed by atoms with van der Waals surface area (Å²) < 4.78 is 12.7. The predicted octanol–water partition coefficient (Wildman–Crippen LogP) is 4.04. The fourth-order valence-electron chi connectivity index (χ4n) is 3.33. The number of anilines is 1. The molecule has 7 nitrogen and oxygen atoms in total. The van der Waals surface area contributed by atoms with Crippen LogP contribution in [0.4, 0.5) is 5.69 Å². The minimum absolute atomic E-state index is 0.0819. The topological polar surface area (TPSA) is 76.9 Å². The summed E-state index contributed by atoms with van der Waals surface area (Å²) in [6.45, 7) is 4.31. The van der Waals surface area contributed by atoms with E-state index in [-0.39, 0.29) is 19.2 Å². The molecule has 1 aromatic heterocycles. The van der Waals surface area contributed by atoms with Crippen LogP contribution in [0, 0.1) is 13.8 Å². The Bertz CT molecular complexity index is 1120. The number of ether oxygens (including phenoxy) is 2. The van der Waals surface area contributed by atoms with Gasteiger partial charge in [-0.25, -0.2) is 5.43 Å². The number of carbonyl (C=O) groups excluding carboxylic acids is 1. The molecule has 1 aliphatic heterocycles. The van der Waals surface area contributed by atoms with Crippen LogP contribution in [0.25, 0.3) is 5.69 Å². The van der Waals surface area contributed by atoms with Crippen molar-refractivity contribution in [3.63, 3.8) is 0 Å². The van der Waals surface area contributed by atoms with Crippen molar-refractivity contribution in [2.24, 2.45) is 5.10 Å². The van der Waals surface area contributed by atoms with Crippen molar-refractivity contribution in [1.29, 1.82) is 0 Å². The quantitative estimate of drug-likeness (QED) is 0.462. The zero-order chi connectivity index (χ0) is 21.1. The molecule has 154 valence electrons. The van der Waals surface area contributed by atoms with E-state index >= 15 is 0 Å². The minimum Gasteiger partial charge on any atom is -0.454 e. The second-order valence-corrected chi connectivity index (χ2v) is 7.29. The first-order valence-corrected chi connectivity index (χ1v) is 9.79. The highest BCUT2D eigenvalue weighted by atomic mass is 35.5. The SMILES string of the molecule is Cc1cc(/C=N/NC(=O)CNc2ccc3c(c2)OCO3)c(C)n1-c1cccc(Cl)c1. The van der Waals surface area contributed by atoms with Crippen molar-refractivity contribution in [3.8, 4) is 17.2 Å². The summed E-state index contributed by atoms with van der Waals surface area (Å²) in [7, 11) is 0. The highest BCUT2D eigenvalue weighted by Gasteiger charge is 2.13. The van der Waals surface area contributed by atoms with Crippen LogP contribution in [-0.4, -0.2) is 30.0 Å². The number of amides is 1. The van der Waals surface area contributed by atoms with E-state index in [0.717, 1.165) is 28.3 Å². The molecule has 2 N–H and O–H groups in total. The number of carbonyl (C=O) groups is 1. The van der Waals surface area contributed by atoms with E-state index in [0.29, 0.717) is 16.5 Å². The second kappa shape index (κ2) is 8.51. The van der Waals surface area contributed by atoms with Gasteiger partial charge in [0.2, 0.25) is 6.79 Å². The van der Waals surface area contributed by atoms with E-state index in [1.54, 1.807) is 18.3 Å². The molecule has 1 amide bonds. The molecular weight excluding hydrogens is 404 g/mol. The van der Waals surface area contributed by atoms with Crippen LogP contribution in [0.1, 0.15) is 17.0 Å². The molecule has 0 saturated carbocycles. The highest BCUT2D eigenvalue weighted by molar-refractivity contribution is 6.30. The number of hydrogen-bond donors (Lipinski definition) is 2. The Labute approximate surface area is 179 Å². The van der Waals surface area contributed by atoms with Gasteiger partial charge in [0.1, 0.15) is 0 Å². The fraction of sp³-hybridized carbons (Fsp3) is 0.182. The lowest BCUT2D eigenvalue weighted by molar-refractivity contribution is -0.119. The van der Waals surface area contributed by atoms with Crippen molar-refractivity contribution in [1.82, 2.24) is 9.99 Å². The minimum atomic E-state index is -0.257. The van der Waals surface area contributed by atoms with E-state index < -0.39 is 0 Å². The number of benzene rings is 2. The normalized spacial score (nSPS) is 12.4. The van der Waals surface area contributed by atoms with Gasteiger partial charge in [0.25, 0.3) is 5.91 Å². The Morgan fingerprint density at radius 3 is 2.83 bits per heavy atom. The molecule has 0 saturated heterocycles. The molecule has 0 radical (unpaired) electrons. The van der Waals surface area contributed by atoms with Gasteiger partial charge in [-0.1, -0.05) is 17.7 Å². The van der Waals surface area contributed by atoms with Gasteiger partial charge in [-0.15, -0.1) is 0 Å². The zero-order valence-electron chi connectivity index (χ0n) is 16.6. The van der Waals surface area contributed by atoms with Gasteiger partial charge in [-0.2, -0.15) is 5.10 Å². The van der Waals surface area contributed by atoms with Gasteiger partial charge in [0.15, 0.2) is 11.5 Å². The predicted molar refractivity (Wildman–Crippen MR) is 117 cm³/mol. The van der Waals surface area contributed by atoms with Crippen LogP contribution in [0.15, 0.2) is 53.6 Å². The second-order valence-electron chi connectivity index (χ2n) is 6.86. The molecule has 2 aromatic carbocycles. The summed E-state index contributed by atoms with van der Waals surface area (Å²) in [5.41, 5.74) is 7.26. The molecule has 8 heteroatoms. The highest BCUT2D eigenvalue weighted by Crippen LogP contribution is 2.34. The maximum atomic E-state index is 12.1. The average Bonchev–Trinajstić information content (AvgIpc) is 3.30. The molecule has 30 heavy (non-hydrogen) atoms. The number of nitrogens with zero attached hydrogens (tertiary/aromatic N) is 2. The lowest BCUT2D eigenvalue weighted by Crippen LogP contribution is -2.25. The molecule has 2 heterocycles. The molecular formula is C22H21ClN4O3. The standard InChI is InChI=1S/C22H21ClN4O3/c1-14-8-16(15(2)27(14)19-5-3-4-17(23)9-19)11-25-26-22(28)12-24-18-6-7-20-21(10-18)30-13-29-20/h3-11,24H,12-13H2,1-2H3,(H,26,28)/b25-11+. The Morgan fingerprint density at radius 2 is 2.00 bits per heavy atom.